The van der Waals surface area contributed by atoms with Crippen LogP contribution in [0, 0.1) is 34.0 Å². The summed E-state index contributed by atoms with van der Waals surface area (Å²) in [7, 11) is -1.78. The van der Waals surface area contributed by atoms with E-state index in [-0.39, 0.29) is 16.1 Å². The fraction of sp³-hybridized carbons (Fsp3) is 0.885. The first-order valence-electron chi connectivity index (χ1n) is 12.1. The summed E-state index contributed by atoms with van der Waals surface area (Å²) in [6, 6.07) is 0. The van der Waals surface area contributed by atoms with E-state index in [1.54, 1.807) is 0 Å². The van der Waals surface area contributed by atoms with Crippen molar-refractivity contribution in [3.63, 3.8) is 0 Å². The van der Waals surface area contributed by atoms with E-state index >= 15 is 0 Å². The number of hydrogen-bond acceptors (Lipinski definition) is 2. The predicted molar refractivity (Wildman–Crippen MR) is 121 cm³/mol. The first kappa shape index (κ1) is 20.5. The molecule has 0 radical (unpaired) electrons. The third kappa shape index (κ3) is 2.35. The summed E-state index contributed by atoms with van der Waals surface area (Å²) in [4.78, 5) is 13.2. The third-order valence-electron chi connectivity index (χ3n) is 11.3. The quantitative estimate of drug-likeness (QED) is 0.362. The molecular formula is C26H42O2Si. The maximum atomic E-state index is 13.2. The van der Waals surface area contributed by atoms with Crippen molar-refractivity contribution in [2.75, 3.05) is 0 Å². The highest BCUT2D eigenvalue weighted by molar-refractivity contribution is 6.74. The monoisotopic (exact) mass is 414 g/mol. The zero-order chi connectivity index (χ0) is 21.3. The van der Waals surface area contributed by atoms with Crippen molar-refractivity contribution in [1.82, 2.24) is 0 Å². The predicted octanol–water partition coefficient (Wildman–Crippen LogP) is 6.91. The molecule has 2 bridgehead atoms. The lowest BCUT2D eigenvalue weighted by Gasteiger charge is -2.64. The Hall–Kier alpha value is -0.413. The smallest absolute Gasteiger partial charge is 0.192 e. The Kier molecular flexibility index (Phi) is 3.88. The molecule has 0 unspecified atom stereocenters. The lowest BCUT2D eigenvalue weighted by atomic mass is 9.39. The van der Waals surface area contributed by atoms with Gasteiger partial charge in [-0.3, -0.25) is 4.79 Å². The Bertz CT molecular complexity index is 806. The van der Waals surface area contributed by atoms with Crippen LogP contribution in [0.15, 0.2) is 11.6 Å². The maximum absolute atomic E-state index is 13.2. The summed E-state index contributed by atoms with van der Waals surface area (Å²) in [5.41, 5.74) is 2.11. The minimum Gasteiger partial charge on any atom is -0.411 e. The van der Waals surface area contributed by atoms with Crippen molar-refractivity contribution in [1.29, 1.82) is 0 Å². The summed E-state index contributed by atoms with van der Waals surface area (Å²) < 4.78 is 7.20. The molecular weight excluding hydrogens is 372 g/mol. The molecule has 7 atom stereocenters. The van der Waals surface area contributed by atoms with Crippen molar-refractivity contribution in [3.05, 3.63) is 11.6 Å². The van der Waals surface area contributed by atoms with E-state index in [4.69, 9.17) is 4.43 Å². The van der Waals surface area contributed by atoms with E-state index in [1.165, 1.54) is 37.7 Å². The highest BCUT2D eigenvalue weighted by atomic mass is 28.4. The Labute approximate surface area is 179 Å². The topological polar surface area (TPSA) is 26.3 Å². The lowest BCUT2D eigenvalue weighted by Crippen LogP contribution is -2.62. The molecule has 0 aliphatic heterocycles. The number of ketones is 1. The van der Waals surface area contributed by atoms with Crippen LogP contribution in [0.2, 0.25) is 18.1 Å². The molecule has 0 amide bonds. The van der Waals surface area contributed by atoms with Crippen LogP contribution in [-0.4, -0.2) is 19.7 Å². The highest BCUT2D eigenvalue weighted by Gasteiger charge is 2.78. The number of fused-ring (bicyclic) bond motifs is 4. The largest absolute Gasteiger partial charge is 0.411 e. The molecule has 2 nitrogen and oxygen atoms in total. The van der Waals surface area contributed by atoms with Crippen molar-refractivity contribution >= 4 is 14.1 Å². The van der Waals surface area contributed by atoms with E-state index in [1.807, 2.05) is 0 Å². The van der Waals surface area contributed by atoms with Crippen molar-refractivity contribution in [2.24, 2.45) is 34.0 Å². The molecule has 0 N–H and O–H groups in total. The molecule has 1 spiro atoms. The van der Waals surface area contributed by atoms with Crippen LogP contribution in [0.3, 0.4) is 0 Å². The molecule has 4 fully saturated rings. The Morgan fingerprint density at radius 3 is 2.45 bits per heavy atom. The highest BCUT2D eigenvalue weighted by Crippen LogP contribution is 2.79. The van der Waals surface area contributed by atoms with Gasteiger partial charge in [0.25, 0.3) is 0 Å². The van der Waals surface area contributed by atoms with Gasteiger partial charge in [-0.25, -0.2) is 0 Å². The van der Waals surface area contributed by atoms with Gasteiger partial charge in [0.2, 0.25) is 0 Å². The van der Waals surface area contributed by atoms with Crippen LogP contribution in [0.1, 0.15) is 86.5 Å². The van der Waals surface area contributed by atoms with Gasteiger partial charge < -0.3 is 4.43 Å². The van der Waals surface area contributed by atoms with Gasteiger partial charge in [-0.1, -0.05) is 46.3 Å². The second-order valence-corrected chi connectivity index (χ2v) is 18.3. The molecule has 0 aromatic rings. The summed E-state index contributed by atoms with van der Waals surface area (Å²) in [5, 5.41) is 0.264. The average Bonchev–Trinajstić information content (AvgIpc) is 3.18. The van der Waals surface area contributed by atoms with Gasteiger partial charge in [0.05, 0.1) is 11.0 Å². The minimum absolute atomic E-state index is 0.119. The van der Waals surface area contributed by atoms with Crippen LogP contribution >= 0.6 is 0 Å². The van der Waals surface area contributed by atoms with Crippen LogP contribution in [0.25, 0.3) is 0 Å². The molecule has 3 heteroatoms. The van der Waals surface area contributed by atoms with E-state index in [9.17, 15) is 4.79 Å². The Morgan fingerprint density at radius 2 is 1.79 bits per heavy atom. The summed E-state index contributed by atoms with van der Waals surface area (Å²) in [6.07, 6.45) is 10.5. The van der Waals surface area contributed by atoms with Gasteiger partial charge in [0, 0.05) is 11.8 Å². The molecule has 0 saturated heterocycles. The van der Waals surface area contributed by atoms with Crippen LogP contribution in [-0.2, 0) is 9.22 Å². The van der Waals surface area contributed by atoms with Gasteiger partial charge in [0.15, 0.2) is 8.32 Å². The second kappa shape index (κ2) is 5.49. The summed E-state index contributed by atoms with van der Waals surface area (Å²) in [6.45, 7) is 19.4. The minimum atomic E-state index is -1.78. The molecule has 0 heterocycles. The average molecular weight is 415 g/mol. The number of rotatable bonds is 2. The van der Waals surface area contributed by atoms with E-state index in [2.05, 4.69) is 60.7 Å². The van der Waals surface area contributed by atoms with Gasteiger partial charge >= 0.3 is 0 Å². The molecule has 4 saturated carbocycles. The van der Waals surface area contributed by atoms with Gasteiger partial charge in [0.1, 0.15) is 5.78 Å². The normalized spacial score (nSPS) is 51.1. The third-order valence-corrected chi connectivity index (χ3v) is 15.8. The molecule has 0 aromatic heterocycles. The fourth-order valence-corrected chi connectivity index (χ4v) is 10.2. The van der Waals surface area contributed by atoms with Gasteiger partial charge in [-0.15, -0.1) is 0 Å². The zero-order valence-corrected chi connectivity index (χ0v) is 21.1. The summed E-state index contributed by atoms with van der Waals surface area (Å²) in [5.74, 6) is 2.36. The SMILES string of the molecule is CC1=C[C@]23CC[C@@H]4[C@](C)(CC[C@@]5(O[Si](C)(C)C(C)(C)C)C[C@@]45C)[C@H]2C[C@H]1CC3=O. The van der Waals surface area contributed by atoms with Gasteiger partial charge in [-0.05, 0) is 86.7 Å². The second-order valence-electron chi connectivity index (χ2n) is 13.6. The Balaban J connectivity index is 1.48. The Morgan fingerprint density at radius 1 is 1.10 bits per heavy atom. The molecule has 162 valence electrons. The first-order valence-corrected chi connectivity index (χ1v) is 15.0. The molecule has 6 aliphatic carbocycles. The first-order chi connectivity index (χ1) is 13.2. The van der Waals surface area contributed by atoms with Gasteiger partial charge in [-0.2, -0.15) is 0 Å². The fourth-order valence-electron chi connectivity index (χ4n) is 8.51. The maximum Gasteiger partial charge on any atom is 0.192 e. The van der Waals surface area contributed by atoms with E-state index < -0.39 is 8.32 Å². The zero-order valence-electron chi connectivity index (χ0n) is 20.1. The number of allylic oxidation sites excluding steroid dienone is 2. The molecule has 29 heavy (non-hydrogen) atoms. The molecule has 0 aromatic carbocycles. The number of carbonyl (C=O) groups excluding carboxylic acids is 1. The van der Waals surface area contributed by atoms with E-state index in [0.717, 1.165) is 12.8 Å². The van der Waals surface area contributed by atoms with Crippen LogP contribution in [0.4, 0.5) is 0 Å². The lowest BCUT2D eigenvalue weighted by molar-refractivity contribution is -0.165. The summed E-state index contributed by atoms with van der Waals surface area (Å²) >= 11 is 0. The van der Waals surface area contributed by atoms with Crippen molar-refractivity contribution in [3.8, 4) is 0 Å². The number of Topliss-reactive ketones (excluding diaryl/α,β-unsaturated/α-hetero) is 1. The van der Waals surface area contributed by atoms with Crippen molar-refractivity contribution < 1.29 is 9.22 Å². The number of hydrogen-bond donors (Lipinski definition) is 0. The number of carbonyl (C=O) groups is 1. The molecule has 6 aliphatic rings. The standard InChI is InChI=1S/C26H42O2Si/c1-17-15-25-10-9-19-23(5,20(25)13-18(17)14-21(25)27)11-12-26(16-24(19,26)6)28-29(7,8)22(2,3)4/h15,18-20H,9-14,16H2,1-8H3/t18-,19+,20+,23-,24-,25+,26+/m0/s1. The van der Waals surface area contributed by atoms with Crippen molar-refractivity contribution in [2.45, 2.75) is 110 Å². The molecule has 6 rings (SSSR count). The van der Waals surface area contributed by atoms with Crippen LogP contribution in [0.5, 0.6) is 0 Å². The van der Waals surface area contributed by atoms with Crippen LogP contribution < -0.4 is 0 Å². The van der Waals surface area contributed by atoms with E-state index in [0.29, 0.717) is 34.4 Å².